The molecule has 1 amide bonds. The number of anilines is 2. The number of hydrogen-bond donors (Lipinski definition) is 3. The number of carbonyl (C=O) groups excluding carboxylic acids is 1. The highest BCUT2D eigenvalue weighted by molar-refractivity contribution is 7.98. The SMILES string of the molecule is CCC(C(=O)Nc1cc(NC2CCNCC2)ccc1C)n1cc(F)cc2nc(SCc3ccc(F)cc3)nc1-2. The van der Waals surface area contributed by atoms with Crippen molar-refractivity contribution in [2.75, 3.05) is 23.7 Å². The molecule has 2 aromatic carbocycles. The summed E-state index contributed by atoms with van der Waals surface area (Å²) in [5, 5.41) is 10.5. The number of pyridine rings is 1. The van der Waals surface area contributed by atoms with Gasteiger partial charge in [-0.05, 0) is 74.7 Å². The maximum Gasteiger partial charge on any atom is 0.247 e. The molecule has 1 fully saturated rings. The highest BCUT2D eigenvalue weighted by Crippen LogP contribution is 2.31. The summed E-state index contributed by atoms with van der Waals surface area (Å²) in [6, 6.07) is 13.2. The van der Waals surface area contributed by atoms with Crippen molar-refractivity contribution in [2.24, 2.45) is 0 Å². The highest BCUT2D eigenvalue weighted by atomic mass is 32.2. The van der Waals surface area contributed by atoms with Crippen molar-refractivity contribution in [3.63, 3.8) is 0 Å². The van der Waals surface area contributed by atoms with Crippen molar-refractivity contribution in [1.29, 1.82) is 0 Å². The quantitative estimate of drug-likeness (QED) is 0.221. The number of nitrogens with one attached hydrogen (secondary N) is 3. The predicted molar refractivity (Wildman–Crippen MR) is 151 cm³/mol. The van der Waals surface area contributed by atoms with Crippen LogP contribution in [0.1, 0.15) is 43.4 Å². The van der Waals surface area contributed by atoms with Crippen LogP contribution in [0.2, 0.25) is 0 Å². The molecule has 3 N–H and O–H groups in total. The largest absolute Gasteiger partial charge is 0.382 e. The number of halogens is 2. The van der Waals surface area contributed by atoms with Gasteiger partial charge in [-0.25, -0.2) is 18.7 Å². The molecule has 5 rings (SSSR count). The summed E-state index contributed by atoms with van der Waals surface area (Å²) in [4.78, 5) is 22.6. The number of hydrogen-bond acceptors (Lipinski definition) is 6. The lowest BCUT2D eigenvalue weighted by atomic mass is 10.1. The van der Waals surface area contributed by atoms with Gasteiger partial charge in [0, 0.05) is 35.4 Å². The highest BCUT2D eigenvalue weighted by Gasteiger charge is 2.26. The van der Waals surface area contributed by atoms with Crippen LogP contribution in [0, 0.1) is 18.6 Å². The third-order valence-corrected chi connectivity index (χ3v) is 7.86. The van der Waals surface area contributed by atoms with Crippen LogP contribution >= 0.6 is 11.8 Å². The van der Waals surface area contributed by atoms with Gasteiger partial charge in [-0.15, -0.1) is 0 Å². The normalized spacial score (nSPS) is 14.9. The molecule has 0 bridgehead atoms. The Hall–Kier alpha value is -3.50. The smallest absolute Gasteiger partial charge is 0.247 e. The van der Waals surface area contributed by atoms with Gasteiger partial charge in [0.15, 0.2) is 11.0 Å². The fourth-order valence-electron chi connectivity index (χ4n) is 4.78. The molecule has 0 radical (unpaired) electrons. The Kier molecular flexibility index (Phi) is 8.42. The van der Waals surface area contributed by atoms with Crippen LogP contribution in [0.3, 0.4) is 0 Å². The van der Waals surface area contributed by atoms with Crippen molar-refractivity contribution in [2.45, 2.75) is 56.1 Å². The summed E-state index contributed by atoms with van der Waals surface area (Å²) < 4.78 is 29.4. The van der Waals surface area contributed by atoms with Crippen LogP contribution in [-0.2, 0) is 10.5 Å². The third kappa shape index (κ3) is 6.57. The topological polar surface area (TPSA) is 83.9 Å². The second-order valence-electron chi connectivity index (χ2n) is 9.81. The number of thioether (sulfide) groups is 1. The minimum Gasteiger partial charge on any atom is -0.382 e. The first-order chi connectivity index (χ1) is 18.9. The summed E-state index contributed by atoms with van der Waals surface area (Å²) in [5.41, 5.74) is 3.92. The fraction of sp³-hybridized carbons (Fsp3) is 0.345. The summed E-state index contributed by atoms with van der Waals surface area (Å²) in [7, 11) is 0. The number of imidazole rings is 1. The average Bonchev–Trinajstić information content (AvgIpc) is 3.34. The molecular weight excluding hydrogens is 518 g/mol. The Morgan fingerprint density at radius 3 is 2.62 bits per heavy atom. The number of piperidine rings is 1. The van der Waals surface area contributed by atoms with Crippen molar-refractivity contribution >= 4 is 29.0 Å². The van der Waals surface area contributed by atoms with Gasteiger partial charge in [-0.1, -0.05) is 36.9 Å². The number of aryl methyl sites for hydroxylation is 1. The zero-order valence-electron chi connectivity index (χ0n) is 22.0. The summed E-state index contributed by atoms with van der Waals surface area (Å²) >= 11 is 1.38. The molecule has 0 spiro atoms. The number of carbonyl (C=O) groups is 1. The maximum absolute atomic E-state index is 14.6. The molecule has 204 valence electrons. The fourth-order valence-corrected chi connectivity index (χ4v) is 5.58. The van der Waals surface area contributed by atoms with Crippen LogP contribution < -0.4 is 16.0 Å². The lowest BCUT2D eigenvalue weighted by Crippen LogP contribution is -2.35. The van der Waals surface area contributed by atoms with Gasteiger partial charge < -0.3 is 20.5 Å². The van der Waals surface area contributed by atoms with E-state index in [-0.39, 0.29) is 11.7 Å². The van der Waals surface area contributed by atoms with Crippen molar-refractivity contribution in [3.05, 3.63) is 77.5 Å². The van der Waals surface area contributed by atoms with E-state index in [4.69, 9.17) is 0 Å². The monoisotopic (exact) mass is 550 g/mol. The molecule has 3 aliphatic heterocycles. The molecule has 2 aromatic rings. The van der Waals surface area contributed by atoms with Crippen LogP contribution in [0.15, 0.2) is 59.9 Å². The molecule has 1 atom stereocenters. The number of aromatic nitrogens is 3. The molecule has 0 saturated carbocycles. The predicted octanol–water partition coefficient (Wildman–Crippen LogP) is 6.02. The second-order valence-corrected chi connectivity index (χ2v) is 10.7. The maximum atomic E-state index is 14.6. The lowest BCUT2D eigenvalue weighted by molar-refractivity contribution is -0.119. The third-order valence-electron chi connectivity index (χ3n) is 6.94. The molecule has 1 unspecified atom stereocenters. The molecule has 10 heteroatoms. The summed E-state index contributed by atoms with van der Waals surface area (Å²) in [5.74, 6) is -0.0526. The summed E-state index contributed by atoms with van der Waals surface area (Å²) in [6.07, 6.45) is 3.84. The van der Waals surface area contributed by atoms with E-state index in [1.54, 1.807) is 16.7 Å². The van der Waals surface area contributed by atoms with Crippen molar-refractivity contribution < 1.29 is 13.6 Å². The summed E-state index contributed by atoms with van der Waals surface area (Å²) in [6.45, 7) is 5.81. The molecule has 0 aromatic heterocycles. The van der Waals surface area contributed by atoms with Crippen LogP contribution in [0.4, 0.5) is 20.2 Å². The zero-order valence-corrected chi connectivity index (χ0v) is 22.8. The first kappa shape index (κ1) is 27.1. The van der Waals surface area contributed by atoms with Crippen LogP contribution in [-0.4, -0.2) is 39.6 Å². The standard InChI is InChI=1S/C29H32F2N6OS/c1-3-26(28(38)34-24-15-23(9-4-18(24)2)33-22-10-12-32-13-11-22)37-16-21(31)14-25-27(37)36-29(35-25)39-17-19-5-7-20(30)8-6-19/h4-9,14-16,22,26,32-33H,3,10-13,17H2,1-2H3,(H,34,38). The Morgan fingerprint density at radius 2 is 1.87 bits per heavy atom. The molecule has 7 nitrogen and oxygen atoms in total. The van der Waals surface area contributed by atoms with E-state index in [1.807, 2.05) is 32.0 Å². The number of amides is 1. The first-order valence-corrected chi connectivity index (χ1v) is 14.2. The Morgan fingerprint density at radius 1 is 1.10 bits per heavy atom. The van der Waals surface area contributed by atoms with Crippen molar-refractivity contribution in [1.82, 2.24) is 19.9 Å². The Balaban J connectivity index is 1.34. The number of nitrogens with zero attached hydrogens (tertiary/aromatic N) is 3. The van der Waals surface area contributed by atoms with Gasteiger partial charge in [-0.2, -0.15) is 0 Å². The van der Waals surface area contributed by atoms with E-state index in [1.165, 1.54) is 36.2 Å². The molecule has 3 heterocycles. The van der Waals surface area contributed by atoms with Gasteiger partial charge in [0.05, 0.1) is 0 Å². The van der Waals surface area contributed by atoms with Gasteiger partial charge >= 0.3 is 0 Å². The average molecular weight is 551 g/mol. The number of rotatable bonds is 9. The van der Waals surface area contributed by atoms with Crippen LogP contribution in [0.25, 0.3) is 11.5 Å². The Bertz CT molecular complexity index is 1400. The number of fused-ring (bicyclic) bond motifs is 1. The van der Waals surface area contributed by atoms with E-state index >= 15 is 0 Å². The van der Waals surface area contributed by atoms with Crippen molar-refractivity contribution in [3.8, 4) is 11.5 Å². The molecule has 1 saturated heterocycles. The van der Waals surface area contributed by atoms with E-state index in [0.717, 1.165) is 48.4 Å². The van der Waals surface area contributed by atoms with Gasteiger partial charge in [-0.3, -0.25) is 4.79 Å². The zero-order chi connectivity index (χ0) is 27.4. The molecule has 3 aliphatic rings. The van der Waals surface area contributed by atoms with Gasteiger partial charge in [0.2, 0.25) is 5.91 Å². The van der Waals surface area contributed by atoms with E-state index < -0.39 is 11.9 Å². The lowest BCUT2D eigenvalue weighted by Gasteiger charge is -2.25. The first-order valence-electron chi connectivity index (χ1n) is 13.2. The van der Waals surface area contributed by atoms with E-state index in [2.05, 4.69) is 25.9 Å². The van der Waals surface area contributed by atoms with E-state index in [0.29, 0.717) is 34.9 Å². The molecule has 39 heavy (non-hydrogen) atoms. The van der Waals surface area contributed by atoms with Gasteiger partial charge in [0.25, 0.3) is 0 Å². The number of benzene rings is 2. The minimum absolute atomic E-state index is 0.250. The molecular formula is C29H32F2N6OS. The second kappa shape index (κ2) is 12.1. The molecule has 0 aliphatic carbocycles. The Labute approximate surface area is 231 Å². The van der Waals surface area contributed by atoms with Crippen LogP contribution in [0.5, 0.6) is 0 Å². The van der Waals surface area contributed by atoms with E-state index in [9.17, 15) is 13.6 Å². The minimum atomic E-state index is -0.685. The van der Waals surface area contributed by atoms with Gasteiger partial charge in [0.1, 0.15) is 23.4 Å².